The number of fused-ring (bicyclic) bond motifs is 1. The van der Waals surface area contributed by atoms with Crippen molar-refractivity contribution in [2.75, 3.05) is 18.2 Å². The molecule has 0 radical (unpaired) electrons. The molecule has 0 aliphatic heterocycles. The van der Waals surface area contributed by atoms with E-state index in [-0.39, 0.29) is 11.8 Å². The molecule has 0 unspecified atom stereocenters. The highest BCUT2D eigenvalue weighted by Gasteiger charge is 2.29. The van der Waals surface area contributed by atoms with Crippen molar-refractivity contribution in [2.45, 2.75) is 19.4 Å². The summed E-state index contributed by atoms with van der Waals surface area (Å²) < 4.78 is 5.25. The summed E-state index contributed by atoms with van der Waals surface area (Å²) in [5.74, 6) is 1.05. The van der Waals surface area contributed by atoms with Crippen molar-refractivity contribution in [1.82, 2.24) is 15.0 Å². The summed E-state index contributed by atoms with van der Waals surface area (Å²) in [4.78, 5) is 24.9. The highest BCUT2D eigenvalue weighted by molar-refractivity contribution is 5.98. The number of hydrogen-bond donors (Lipinski definition) is 2. The minimum absolute atomic E-state index is 0.0220. The lowest BCUT2D eigenvalue weighted by Gasteiger charge is -2.11. The van der Waals surface area contributed by atoms with Crippen LogP contribution < -0.4 is 11.1 Å². The molecule has 1 aliphatic rings. The van der Waals surface area contributed by atoms with Crippen LogP contribution in [0, 0.1) is 5.92 Å². The number of nitrogens with one attached hydrogen (secondary N) is 1. The number of pyridine rings is 3. The van der Waals surface area contributed by atoms with Crippen molar-refractivity contribution < 1.29 is 9.53 Å². The Morgan fingerprint density at radius 2 is 2.19 bits per heavy atom. The maximum Gasteiger partial charge on any atom is 0.228 e. The summed E-state index contributed by atoms with van der Waals surface area (Å²) in [5, 5.41) is 4.47. The second-order valence-electron chi connectivity index (χ2n) is 6.41. The van der Waals surface area contributed by atoms with Gasteiger partial charge in [-0.3, -0.25) is 9.78 Å². The zero-order chi connectivity index (χ0) is 18.1. The van der Waals surface area contributed by atoms with Crippen LogP contribution >= 0.6 is 0 Å². The number of nitrogens with zero attached hydrogens (tertiary/aromatic N) is 3. The first-order chi connectivity index (χ1) is 12.7. The first-order valence-electron chi connectivity index (χ1n) is 8.45. The van der Waals surface area contributed by atoms with Gasteiger partial charge in [-0.25, -0.2) is 9.97 Å². The van der Waals surface area contributed by atoms with E-state index in [9.17, 15) is 4.79 Å². The van der Waals surface area contributed by atoms with E-state index >= 15 is 0 Å². The molecule has 1 fully saturated rings. The summed E-state index contributed by atoms with van der Waals surface area (Å²) in [6.45, 7) is 0.455. The molecule has 3 aromatic rings. The number of amides is 1. The van der Waals surface area contributed by atoms with E-state index < -0.39 is 0 Å². The zero-order valence-corrected chi connectivity index (χ0v) is 14.4. The number of ether oxygens (including phenoxy) is 1. The van der Waals surface area contributed by atoms with Gasteiger partial charge in [0, 0.05) is 42.6 Å². The number of hydrogen-bond acceptors (Lipinski definition) is 6. The van der Waals surface area contributed by atoms with E-state index in [2.05, 4.69) is 20.3 Å². The van der Waals surface area contributed by atoms with Crippen molar-refractivity contribution in [3.05, 3.63) is 42.4 Å². The Hall–Kier alpha value is -3.06. The number of nitrogens with two attached hydrogens (primary N) is 1. The predicted octanol–water partition coefficient (Wildman–Crippen LogP) is 2.77. The largest absolute Gasteiger partial charge is 0.383 e. The van der Waals surface area contributed by atoms with E-state index in [1.807, 2.05) is 18.2 Å². The molecule has 7 nitrogen and oxygen atoms in total. The number of carbonyl (C=O) groups is 1. The molecule has 132 valence electrons. The fourth-order valence-electron chi connectivity index (χ4n) is 2.89. The van der Waals surface area contributed by atoms with Gasteiger partial charge in [-0.15, -0.1) is 0 Å². The minimum atomic E-state index is 0.0220. The molecule has 4 rings (SSSR count). The van der Waals surface area contributed by atoms with Crippen LogP contribution in [0.2, 0.25) is 0 Å². The van der Waals surface area contributed by atoms with E-state index in [1.54, 1.807) is 25.7 Å². The molecule has 7 heteroatoms. The van der Waals surface area contributed by atoms with Gasteiger partial charge in [0.2, 0.25) is 5.91 Å². The monoisotopic (exact) mass is 349 g/mol. The molecule has 1 amide bonds. The summed E-state index contributed by atoms with van der Waals surface area (Å²) in [7, 11) is 1.65. The summed E-state index contributed by atoms with van der Waals surface area (Å²) >= 11 is 0. The van der Waals surface area contributed by atoms with Gasteiger partial charge >= 0.3 is 0 Å². The fourth-order valence-corrected chi connectivity index (χ4v) is 2.89. The van der Waals surface area contributed by atoms with Gasteiger partial charge in [-0.05, 0) is 42.0 Å². The van der Waals surface area contributed by atoms with Gasteiger partial charge in [0.25, 0.3) is 0 Å². The number of nitrogen functional groups attached to an aromatic ring is 1. The third-order valence-electron chi connectivity index (χ3n) is 4.43. The van der Waals surface area contributed by atoms with Crippen LogP contribution in [0.5, 0.6) is 0 Å². The lowest BCUT2D eigenvalue weighted by molar-refractivity contribution is -0.117. The van der Waals surface area contributed by atoms with Crippen LogP contribution in [0.25, 0.3) is 22.0 Å². The van der Waals surface area contributed by atoms with E-state index in [0.29, 0.717) is 23.9 Å². The van der Waals surface area contributed by atoms with E-state index in [4.69, 9.17) is 10.5 Å². The molecule has 1 saturated carbocycles. The summed E-state index contributed by atoms with van der Waals surface area (Å²) in [6.07, 6.45) is 7.01. The van der Waals surface area contributed by atoms with Gasteiger partial charge in [-0.1, -0.05) is 0 Å². The van der Waals surface area contributed by atoms with Gasteiger partial charge in [0.1, 0.15) is 11.6 Å². The van der Waals surface area contributed by atoms with Crippen molar-refractivity contribution in [3.8, 4) is 11.3 Å². The molecule has 0 atom stereocenters. The van der Waals surface area contributed by atoms with Crippen molar-refractivity contribution in [3.63, 3.8) is 0 Å². The second kappa shape index (κ2) is 6.68. The number of aromatic nitrogens is 3. The van der Waals surface area contributed by atoms with Crippen LogP contribution in [0.15, 0.2) is 36.8 Å². The molecular formula is C19H19N5O2. The third-order valence-corrected chi connectivity index (χ3v) is 4.43. The lowest BCUT2D eigenvalue weighted by atomic mass is 10.0. The highest BCUT2D eigenvalue weighted by atomic mass is 16.5. The summed E-state index contributed by atoms with van der Waals surface area (Å²) in [6, 6.07) is 5.65. The fraction of sp³-hybridized carbons (Fsp3) is 0.263. The normalized spacial score (nSPS) is 13.7. The van der Waals surface area contributed by atoms with Crippen LogP contribution in [0.4, 0.5) is 11.6 Å². The number of methoxy groups -OCH3 is 1. The molecule has 0 bridgehead atoms. The Morgan fingerprint density at radius 3 is 2.96 bits per heavy atom. The Kier molecular flexibility index (Phi) is 4.22. The van der Waals surface area contributed by atoms with Crippen LogP contribution in [0.1, 0.15) is 18.4 Å². The molecule has 1 aliphatic carbocycles. The van der Waals surface area contributed by atoms with E-state index in [1.165, 1.54) is 0 Å². The second-order valence-corrected chi connectivity index (χ2v) is 6.41. The molecule has 3 heterocycles. The van der Waals surface area contributed by atoms with Crippen molar-refractivity contribution in [1.29, 1.82) is 0 Å². The highest BCUT2D eigenvalue weighted by Crippen LogP contribution is 2.31. The Balaban J connectivity index is 1.75. The Morgan fingerprint density at radius 1 is 1.35 bits per heavy atom. The summed E-state index contributed by atoms with van der Waals surface area (Å²) in [5.41, 5.74) is 8.69. The van der Waals surface area contributed by atoms with E-state index in [0.717, 1.165) is 34.7 Å². The predicted molar refractivity (Wildman–Crippen MR) is 99.2 cm³/mol. The SMILES string of the molecule is COCc1ccncc1-c1cc2cc(NC(=O)C3CC3)ncc2c(N)n1. The number of anilines is 2. The maximum absolute atomic E-state index is 12.0. The number of carbonyl (C=O) groups excluding carboxylic acids is 1. The topological polar surface area (TPSA) is 103 Å². The number of rotatable bonds is 5. The van der Waals surface area contributed by atoms with Gasteiger partial charge < -0.3 is 15.8 Å². The Bertz CT molecular complexity index is 985. The molecule has 0 spiro atoms. The zero-order valence-electron chi connectivity index (χ0n) is 14.4. The molecule has 3 N–H and O–H groups in total. The standard InChI is InChI=1S/C19H19N5O2/c1-26-10-12-4-5-21-8-14(12)16-6-13-7-17(24-19(25)11-2-3-11)22-9-15(13)18(20)23-16/h4-9,11H,2-3,10H2,1H3,(H2,20,23)(H,22,24,25). The molecule has 3 aromatic heterocycles. The molecule has 0 saturated heterocycles. The molecule has 26 heavy (non-hydrogen) atoms. The lowest BCUT2D eigenvalue weighted by Crippen LogP contribution is -2.14. The third kappa shape index (κ3) is 3.21. The molecular weight excluding hydrogens is 330 g/mol. The van der Waals surface area contributed by atoms with Gasteiger partial charge in [0.15, 0.2) is 0 Å². The van der Waals surface area contributed by atoms with Crippen LogP contribution in [0.3, 0.4) is 0 Å². The smallest absolute Gasteiger partial charge is 0.228 e. The van der Waals surface area contributed by atoms with Crippen molar-refractivity contribution in [2.24, 2.45) is 5.92 Å². The first-order valence-corrected chi connectivity index (χ1v) is 8.45. The van der Waals surface area contributed by atoms with Crippen LogP contribution in [-0.2, 0) is 16.1 Å². The maximum atomic E-state index is 12.0. The van der Waals surface area contributed by atoms with Crippen LogP contribution in [-0.4, -0.2) is 28.0 Å². The van der Waals surface area contributed by atoms with Gasteiger partial charge in [-0.2, -0.15) is 0 Å². The average molecular weight is 349 g/mol. The van der Waals surface area contributed by atoms with Gasteiger partial charge in [0.05, 0.1) is 12.3 Å². The minimum Gasteiger partial charge on any atom is -0.383 e. The van der Waals surface area contributed by atoms with Crippen molar-refractivity contribution >= 4 is 28.3 Å². The quantitative estimate of drug-likeness (QED) is 0.734. The average Bonchev–Trinajstić information content (AvgIpc) is 3.47. The Labute approximate surface area is 150 Å². The first kappa shape index (κ1) is 16.4. The molecule has 0 aromatic carbocycles.